The van der Waals surface area contributed by atoms with E-state index < -0.39 is 0 Å². The van der Waals surface area contributed by atoms with Gasteiger partial charge in [-0.1, -0.05) is 35.6 Å². The normalized spacial score (nSPS) is 10.8. The molecule has 4 aromatic rings. The molecule has 2 aromatic carbocycles. The van der Waals surface area contributed by atoms with Gasteiger partial charge in [0.25, 0.3) is 5.56 Å². The van der Waals surface area contributed by atoms with Gasteiger partial charge in [0.1, 0.15) is 17.3 Å². The van der Waals surface area contributed by atoms with E-state index in [1.54, 1.807) is 25.3 Å². The molecule has 0 unspecified atom stereocenters. The highest BCUT2D eigenvalue weighted by Gasteiger charge is 2.11. The van der Waals surface area contributed by atoms with Crippen LogP contribution in [-0.2, 0) is 17.8 Å². The summed E-state index contributed by atoms with van der Waals surface area (Å²) in [7, 11) is 1.62. The molecule has 2 heterocycles. The second-order valence-electron chi connectivity index (χ2n) is 6.27. The number of carbonyl (C=O) groups is 1. The maximum Gasteiger partial charge on any atom is 0.261 e. The number of methoxy groups -OCH3 is 1. The summed E-state index contributed by atoms with van der Waals surface area (Å²) in [6.45, 7) is -0.149. The minimum Gasteiger partial charge on any atom is -0.497 e. The van der Waals surface area contributed by atoms with Crippen molar-refractivity contribution in [3.63, 3.8) is 0 Å². The van der Waals surface area contributed by atoms with Crippen molar-refractivity contribution in [2.24, 2.45) is 0 Å². The smallest absolute Gasteiger partial charge is 0.261 e. The van der Waals surface area contributed by atoms with Crippen molar-refractivity contribution in [1.82, 2.24) is 19.7 Å². The summed E-state index contributed by atoms with van der Waals surface area (Å²) in [5.41, 5.74) is 1.40. The van der Waals surface area contributed by atoms with Crippen molar-refractivity contribution in [3.8, 4) is 5.75 Å². The average molecular weight is 407 g/mol. The van der Waals surface area contributed by atoms with Crippen LogP contribution in [0.15, 0.2) is 59.7 Å². The number of nitrogens with one attached hydrogen (secondary N) is 1. The number of anilines is 1. The molecule has 0 atom stereocenters. The lowest BCUT2D eigenvalue weighted by Gasteiger charge is -2.06. The van der Waals surface area contributed by atoms with Crippen molar-refractivity contribution in [2.75, 3.05) is 12.4 Å². The van der Waals surface area contributed by atoms with Gasteiger partial charge in [0.15, 0.2) is 0 Å². The van der Waals surface area contributed by atoms with Gasteiger partial charge in [-0.3, -0.25) is 19.5 Å². The summed E-state index contributed by atoms with van der Waals surface area (Å²) in [5.74, 6) is 0.425. The first-order valence-corrected chi connectivity index (χ1v) is 9.63. The average Bonchev–Trinajstić information content (AvgIpc) is 3.17. The van der Waals surface area contributed by atoms with Gasteiger partial charge in [0.2, 0.25) is 11.0 Å². The number of hydrogen-bond acceptors (Lipinski definition) is 7. The first-order valence-electron chi connectivity index (χ1n) is 8.82. The first kappa shape index (κ1) is 18.8. The maximum atomic E-state index is 12.5. The Morgan fingerprint density at radius 2 is 1.93 bits per heavy atom. The van der Waals surface area contributed by atoms with Crippen LogP contribution in [0, 0.1) is 0 Å². The lowest BCUT2D eigenvalue weighted by atomic mass is 10.1. The molecule has 4 rings (SSSR count). The maximum absolute atomic E-state index is 12.5. The van der Waals surface area contributed by atoms with Gasteiger partial charge >= 0.3 is 0 Å². The van der Waals surface area contributed by atoms with E-state index in [9.17, 15) is 9.59 Å². The molecule has 1 N–H and O–H groups in total. The SMILES string of the molecule is COc1ccc(Cc2nnc(NC(=O)Cn3cnc4ccccc4c3=O)s2)cc1. The number of nitrogens with zero attached hydrogens (tertiary/aromatic N) is 4. The van der Waals surface area contributed by atoms with E-state index in [1.165, 1.54) is 22.2 Å². The van der Waals surface area contributed by atoms with Crippen molar-refractivity contribution in [3.05, 3.63) is 75.8 Å². The zero-order valence-electron chi connectivity index (χ0n) is 15.5. The third kappa shape index (κ3) is 4.30. The zero-order chi connectivity index (χ0) is 20.2. The molecule has 8 nitrogen and oxygen atoms in total. The molecule has 0 bridgehead atoms. The second kappa shape index (κ2) is 8.19. The molecule has 0 spiro atoms. The van der Waals surface area contributed by atoms with Crippen molar-refractivity contribution in [2.45, 2.75) is 13.0 Å². The molecule has 0 fully saturated rings. The van der Waals surface area contributed by atoms with Gasteiger partial charge in [-0.25, -0.2) is 4.98 Å². The monoisotopic (exact) mass is 407 g/mol. The number of para-hydroxylation sites is 1. The number of ether oxygens (including phenoxy) is 1. The zero-order valence-corrected chi connectivity index (χ0v) is 16.3. The van der Waals surface area contributed by atoms with Crippen molar-refractivity contribution in [1.29, 1.82) is 0 Å². The molecular formula is C20H17N5O3S. The summed E-state index contributed by atoms with van der Waals surface area (Å²) in [6, 6.07) is 14.7. The number of benzene rings is 2. The van der Waals surface area contributed by atoms with Gasteiger partial charge in [-0.2, -0.15) is 0 Å². The molecule has 146 valence electrons. The molecule has 0 aliphatic rings. The molecule has 0 radical (unpaired) electrons. The molecule has 0 aliphatic heterocycles. The van der Waals surface area contributed by atoms with Crippen LogP contribution in [0.2, 0.25) is 0 Å². The van der Waals surface area contributed by atoms with Crippen molar-refractivity contribution >= 4 is 33.3 Å². The molecule has 0 saturated carbocycles. The minimum atomic E-state index is -0.365. The molecule has 29 heavy (non-hydrogen) atoms. The van der Waals surface area contributed by atoms with Crippen molar-refractivity contribution < 1.29 is 9.53 Å². The van der Waals surface area contributed by atoms with E-state index in [4.69, 9.17) is 4.74 Å². The lowest BCUT2D eigenvalue weighted by Crippen LogP contribution is -2.27. The van der Waals surface area contributed by atoms with Crippen LogP contribution in [0.4, 0.5) is 5.13 Å². The van der Waals surface area contributed by atoms with Crippen LogP contribution in [0.25, 0.3) is 10.9 Å². The number of aromatic nitrogens is 4. The quantitative estimate of drug-likeness (QED) is 0.527. The summed E-state index contributed by atoms with van der Waals surface area (Å²) in [4.78, 5) is 29.0. The second-order valence-corrected chi connectivity index (χ2v) is 7.33. The molecule has 0 aliphatic carbocycles. The number of fused-ring (bicyclic) bond motifs is 1. The molecule has 9 heteroatoms. The Bertz CT molecular complexity index is 1220. The van der Waals surface area contributed by atoms with Crippen LogP contribution in [-0.4, -0.2) is 32.8 Å². The number of hydrogen-bond donors (Lipinski definition) is 1. The number of carbonyl (C=O) groups excluding carboxylic acids is 1. The van der Waals surface area contributed by atoms with Gasteiger partial charge in [0.05, 0.1) is 24.3 Å². The Morgan fingerprint density at radius 3 is 2.72 bits per heavy atom. The van der Waals surface area contributed by atoms with E-state index in [-0.39, 0.29) is 18.0 Å². The molecule has 1 amide bonds. The van der Waals surface area contributed by atoms with Crippen LogP contribution in [0.5, 0.6) is 5.75 Å². The number of rotatable bonds is 6. The third-order valence-electron chi connectivity index (χ3n) is 4.27. The first-order chi connectivity index (χ1) is 14.1. The van der Waals surface area contributed by atoms with E-state index in [0.29, 0.717) is 22.5 Å². The van der Waals surface area contributed by atoms with Crippen LogP contribution < -0.4 is 15.6 Å². The fraction of sp³-hybridized carbons (Fsp3) is 0.150. The molecule has 0 saturated heterocycles. The molecule has 2 aromatic heterocycles. The Morgan fingerprint density at radius 1 is 1.14 bits per heavy atom. The standard InChI is InChI=1S/C20H17N5O3S/c1-28-14-8-6-13(7-9-14)10-18-23-24-20(29-18)22-17(26)11-25-12-21-16-5-3-2-4-15(16)19(25)27/h2-9,12H,10-11H2,1H3,(H,22,24,26). The molecular weight excluding hydrogens is 390 g/mol. The van der Waals surface area contributed by atoms with E-state index in [0.717, 1.165) is 16.3 Å². The van der Waals surface area contributed by atoms with Gasteiger partial charge in [-0.15, -0.1) is 10.2 Å². The Balaban J connectivity index is 1.41. The predicted octanol–water partition coefficient (Wildman–Crippen LogP) is 2.49. The summed E-state index contributed by atoms with van der Waals surface area (Å²) in [6.07, 6.45) is 1.98. The van der Waals surface area contributed by atoms with E-state index >= 15 is 0 Å². The Labute approximate surface area is 169 Å². The summed E-state index contributed by atoms with van der Waals surface area (Å²) >= 11 is 1.29. The highest BCUT2D eigenvalue weighted by atomic mass is 32.1. The number of amides is 1. The van der Waals surface area contributed by atoms with Crippen LogP contribution in [0.3, 0.4) is 0 Å². The fourth-order valence-corrected chi connectivity index (χ4v) is 3.62. The highest BCUT2D eigenvalue weighted by Crippen LogP contribution is 2.20. The summed E-state index contributed by atoms with van der Waals surface area (Å²) < 4.78 is 6.42. The Hall–Kier alpha value is -3.59. The van der Waals surface area contributed by atoms with Crippen LogP contribution >= 0.6 is 11.3 Å². The summed E-state index contributed by atoms with van der Waals surface area (Å²) in [5, 5.41) is 12.4. The minimum absolute atomic E-state index is 0.149. The topological polar surface area (TPSA) is 99.0 Å². The Kier molecular flexibility index (Phi) is 5.30. The largest absolute Gasteiger partial charge is 0.497 e. The van der Waals surface area contributed by atoms with E-state index in [1.807, 2.05) is 30.3 Å². The van der Waals surface area contributed by atoms with E-state index in [2.05, 4.69) is 20.5 Å². The van der Waals surface area contributed by atoms with Crippen LogP contribution in [0.1, 0.15) is 10.6 Å². The fourth-order valence-electron chi connectivity index (χ4n) is 2.83. The van der Waals surface area contributed by atoms with Gasteiger partial charge in [-0.05, 0) is 29.8 Å². The van der Waals surface area contributed by atoms with Gasteiger partial charge in [0, 0.05) is 6.42 Å². The predicted molar refractivity (Wildman–Crippen MR) is 110 cm³/mol. The van der Waals surface area contributed by atoms with Gasteiger partial charge < -0.3 is 4.74 Å². The third-order valence-corrected chi connectivity index (χ3v) is 5.11. The lowest BCUT2D eigenvalue weighted by molar-refractivity contribution is -0.116. The highest BCUT2D eigenvalue weighted by molar-refractivity contribution is 7.15.